The second-order valence-corrected chi connectivity index (χ2v) is 9.50. The summed E-state index contributed by atoms with van der Waals surface area (Å²) in [5, 5.41) is 22.1. The first kappa shape index (κ1) is 21.2. The number of ether oxygens (including phenoxy) is 1. The van der Waals surface area contributed by atoms with Gasteiger partial charge in [-0.3, -0.25) is 0 Å². The van der Waals surface area contributed by atoms with Crippen molar-refractivity contribution in [1.82, 2.24) is 0 Å². The molecule has 0 fully saturated rings. The molecule has 5 nitrogen and oxygen atoms in total. The molecular weight excluding hydrogens is 368 g/mol. The molecule has 1 unspecified atom stereocenters. The van der Waals surface area contributed by atoms with Crippen molar-refractivity contribution in [2.45, 2.75) is 70.5 Å². The van der Waals surface area contributed by atoms with Crippen molar-refractivity contribution in [3.63, 3.8) is 0 Å². The zero-order valence-corrected chi connectivity index (χ0v) is 18.0. The lowest BCUT2D eigenvalue weighted by atomic mass is 9.78. The van der Waals surface area contributed by atoms with Crippen LogP contribution in [0.2, 0.25) is 0 Å². The molecule has 2 N–H and O–H groups in total. The van der Waals surface area contributed by atoms with E-state index in [1.807, 2.05) is 27.7 Å². The molecule has 0 amide bonds. The fraction of sp³-hybridized carbons (Fsp3) is 0.458. The first-order chi connectivity index (χ1) is 13.3. The van der Waals surface area contributed by atoms with Crippen LogP contribution in [0.1, 0.15) is 58.2 Å². The second kappa shape index (κ2) is 6.49. The van der Waals surface area contributed by atoms with Crippen LogP contribution in [0.5, 0.6) is 11.5 Å². The minimum Gasteiger partial charge on any atom is -0.507 e. The van der Waals surface area contributed by atoms with Crippen molar-refractivity contribution in [2.75, 3.05) is 0 Å². The number of rotatable bonds is 4. The lowest BCUT2D eigenvalue weighted by molar-refractivity contribution is -0.0425. The number of benzene rings is 1. The zero-order valence-electron chi connectivity index (χ0n) is 18.0. The molecule has 0 aliphatic carbocycles. The van der Waals surface area contributed by atoms with Gasteiger partial charge in [0.15, 0.2) is 0 Å². The fourth-order valence-corrected chi connectivity index (χ4v) is 3.68. The Morgan fingerprint density at radius 2 is 1.76 bits per heavy atom. The molecule has 0 spiro atoms. The summed E-state index contributed by atoms with van der Waals surface area (Å²) in [5.74, 6) is 0.395. The predicted octanol–water partition coefficient (Wildman–Crippen LogP) is 4.50. The lowest BCUT2D eigenvalue weighted by Crippen LogP contribution is -2.47. The maximum absolute atomic E-state index is 12.9. The summed E-state index contributed by atoms with van der Waals surface area (Å²) in [7, 11) is 0. The van der Waals surface area contributed by atoms with E-state index < -0.39 is 28.2 Å². The molecule has 0 radical (unpaired) electrons. The van der Waals surface area contributed by atoms with E-state index >= 15 is 0 Å². The highest BCUT2D eigenvalue weighted by Crippen LogP contribution is 2.50. The highest BCUT2D eigenvalue weighted by Gasteiger charge is 2.42. The molecule has 2 heterocycles. The fourth-order valence-electron chi connectivity index (χ4n) is 3.68. The molecule has 2 aromatic rings. The number of aliphatic hydroxyl groups excluding tert-OH is 1. The average Bonchev–Trinajstić information content (AvgIpc) is 2.62. The summed E-state index contributed by atoms with van der Waals surface area (Å²) in [6, 6.07) is 1.66. The molecule has 0 bridgehead atoms. The molecule has 0 saturated carbocycles. The van der Waals surface area contributed by atoms with Crippen LogP contribution in [0.4, 0.5) is 0 Å². The topological polar surface area (TPSA) is 79.9 Å². The zero-order chi connectivity index (χ0) is 21.9. The van der Waals surface area contributed by atoms with E-state index in [4.69, 9.17) is 9.15 Å². The lowest BCUT2D eigenvalue weighted by Gasteiger charge is -2.40. The Balaban J connectivity index is 2.52. The average molecular weight is 398 g/mol. The summed E-state index contributed by atoms with van der Waals surface area (Å²) < 4.78 is 12.0. The Kier molecular flexibility index (Phi) is 4.74. The third-order valence-electron chi connectivity index (χ3n) is 6.14. The molecule has 1 atom stereocenters. The Hall–Kier alpha value is -2.53. The van der Waals surface area contributed by atoms with Crippen LogP contribution in [0.3, 0.4) is 0 Å². The second-order valence-electron chi connectivity index (χ2n) is 9.50. The van der Waals surface area contributed by atoms with Crippen LogP contribution in [0, 0.1) is 0 Å². The van der Waals surface area contributed by atoms with Gasteiger partial charge in [-0.2, -0.15) is 0 Å². The molecule has 1 aliphatic rings. The molecule has 1 aliphatic heterocycles. The summed E-state index contributed by atoms with van der Waals surface area (Å²) in [6.07, 6.45) is 2.86. The minimum absolute atomic E-state index is 0.0435. The number of aromatic hydroxyl groups is 1. The van der Waals surface area contributed by atoms with E-state index in [2.05, 4.69) is 13.2 Å². The third-order valence-corrected chi connectivity index (χ3v) is 6.14. The SMILES string of the molecule is C=CC(C)(C)c1cc2c(O)c3c(c(C(C)(C)C=C)c2oc1=O)OC(C)(C)C(O)C3. The van der Waals surface area contributed by atoms with Crippen molar-refractivity contribution in [1.29, 1.82) is 0 Å². The van der Waals surface area contributed by atoms with Crippen molar-refractivity contribution in [2.24, 2.45) is 0 Å². The monoisotopic (exact) mass is 398 g/mol. The highest BCUT2D eigenvalue weighted by atomic mass is 16.5. The number of hydrogen-bond acceptors (Lipinski definition) is 5. The van der Waals surface area contributed by atoms with Gasteiger partial charge in [0.05, 0.1) is 11.5 Å². The van der Waals surface area contributed by atoms with E-state index in [0.29, 0.717) is 27.8 Å². The Morgan fingerprint density at radius 1 is 1.17 bits per heavy atom. The Labute approximate surface area is 171 Å². The van der Waals surface area contributed by atoms with Crippen molar-refractivity contribution < 1.29 is 19.4 Å². The molecule has 1 aromatic carbocycles. The van der Waals surface area contributed by atoms with Crippen LogP contribution >= 0.6 is 0 Å². The van der Waals surface area contributed by atoms with Gasteiger partial charge in [-0.1, -0.05) is 39.8 Å². The number of fused-ring (bicyclic) bond motifs is 2. The van der Waals surface area contributed by atoms with Crippen molar-refractivity contribution in [3.05, 3.63) is 58.5 Å². The largest absolute Gasteiger partial charge is 0.507 e. The van der Waals surface area contributed by atoms with E-state index in [9.17, 15) is 15.0 Å². The first-order valence-corrected chi connectivity index (χ1v) is 9.77. The maximum atomic E-state index is 12.9. The van der Waals surface area contributed by atoms with Crippen LogP contribution < -0.4 is 10.4 Å². The number of phenolic OH excluding ortho intramolecular Hbond substituents is 1. The highest BCUT2D eigenvalue weighted by molar-refractivity contribution is 5.92. The smallest absolute Gasteiger partial charge is 0.340 e. The van der Waals surface area contributed by atoms with Crippen LogP contribution in [0.25, 0.3) is 11.0 Å². The van der Waals surface area contributed by atoms with Gasteiger partial charge >= 0.3 is 5.63 Å². The number of hydrogen-bond donors (Lipinski definition) is 2. The van der Waals surface area contributed by atoms with Gasteiger partial charge in [-0.05, 0) is 19.9 Å². The number of aliphatic hydroxyl groups is 1. The standard InChI is InChI=1S/C24H30O5/c1-9-22(3,4)15-11-13-18(26)14-12-16(25)24(7,8)29-20(14)17(23(5,6)10-2)19(13)28-21(15)27/h9-11,16,25-26H,1-2,12H2,3-8H3. The van der Waals surface area contributed by atoms with Gasteiger partial charge in [-0.15, -0.1) is 13.2 Å². The summed E-state index contributed by atoms with van der Waals surface area (Å²) >= 11 is 0. The molecular formula is C24H30O5. The molecule has 29 heavy (non-hydrogen) atoms. The van der Waals surface area contributed by atoms with Crippen molar-refractivity contribution in [3.8, 4) is 11.5 Å². The molecule has 156 valence electrons. The van der Waals surface area contributed by atoms with Crippen LogP contribution in [0.15, 0.2) is 40.6 Å². The predicted molar refractivity (Wildman–Crippen MR) is 115 cm³/mol. The maximum Gasteiger partial charge on any atom is 0.340 e. The molecule has 0 saturated heterocycles. The van der Waals surface area contributed by atoms with Crippen molar-refractivity contribution >= 4 is 11.0 Å². The van der Waals surface area contributed by atoms with E-state index in [1.54, 1.807) is 32.1 Å². The molecule has 1 aromatic heterocycles. The van der Waals surface area contributed by atoms with Gasteiger partial charge in [0, 0.05) is 33.9 Å². The van der Waals surface area contributed by atoms with E-state index in [0.717, 1.165) is 0 Å². The number of phenols is 1. The summed E-state index contributed by atoms with van der Waals surface area (Å²) in [6.45, 7) is 18.9. The van der Waals surface area contributed by atoms with E-state index in [-0.39, 0.29) is 17.8 Å². The van der Waals surface area contributed by atoms with Crippen LogP contribution in [-0.2, 0) is 17.3 Å². The Morgan fingerprint density at radius 3 is 2.31 bits per heavy atom. The van der Waals surface area contributed by atoms with E-state index in [1.165, 1.54) is 0 Å². The van der Waals surface area contributed by atoms with Gasteiger partial charge in [-0.25, -0.2) is 4.79 Å². The third kappa shape index (κ3) is 3.18. The summed E-state index contributed by atoms with van der Waals surface area (Å²) in [5.41, 5.74) is -0.784. The molecule has 3 rings (SSSR count). The first-order valence-electron chi connectivity index (χ1n) is 9.77. The van der Waals surface area contributed by atoms with Gasteiger partial charge in [0.25, 0.3) is 0 Å². The quantitative estimate of drug-likeness (QED) is 0.585. The molecule has 5 heteroatoms. The number of allylic oxidation sites excluding steroid dienone is 2. The van der Waals surface area contributed by atoms with Gasteiger partial charge in [0.2, 0.25) is 0 Å². The Bertz CT molecular complexity index is 1070. The van der Waals surface area contributed by atoms with Crippen LogP contribution in [-0.4, -0.2) is 21.9 Å². The summed E-state index contributed by atoms with van der Waals surface area (Å²) in [4.78, 5) is 12.9. The van der Waals surface area contributed by atoms with Gasteiger partial charge < -0.3 is 19.4 Å². The minimum atomic E-state index is -0.857. The van der Waals surface area contributed by atoms with Gasteiger partial charge in [0.1, 0.15) is 22.7 Å². The normalized spacial score (nSPS) is 18.8.